The Hall–Kier alpha value is -3.48. The molecule has 9 heteroatoms. The molecule has 3 atom stereocenters. The van der Waals surface area contributed by atoms with E-state index < -0.39 is 11.9 Å². The third-order valence-electron chi connectivity index (χ3n) is 6.44. The highest BCUT2D eigenvalue weighted by atomic mass is 19.1. The minimum atomic E-state index is -0.719. The lowest BCUT2D eigenvalue weighted by Gasteiger charge is -2.33. The van der Waals surface area contributed by atoms with E-state index in [4.69, 9.17) is 10.5 Å². The van der Waals surface area contributed by atoms with Gasteiger partial charge in [0.2, 0.25) is 5.91 Å². The molecule has 0 radical (unpaired) electrons. The maximum absolute atomic E-state index is 14.8. The predicted molar refractivity (Wildman–Crippen MR) is 115 cm³/mol. The van der Waals surface area contributed by atoms with Gasteiger partial charge in [0, 0.05) is 37.6 Å². The van der Waals surface area contributed by atoms with E-state index in [1.807, 2.05) is 4.90 Å². The Labute approximate surface area is 184 Å². The molecule has 164 valence electrons. The summed E-state index contributed by atoms with van der Waals surface area (Å²) < 4.78 is 20.6. The van der Waals surface area contributed by atoms with Crippen molar-refractivity contribution in [2.24, 2.45) is 5.73 Å². The average molecular weight is 434 g/mol. The zero-order chi connectivity index (χ0) is 22.4. The number of likely N-dealkylation sites (N-methyl/N-ethyl adjacent to an activating group) is 1. The number of H-pyrrole nitrogens is 1. The van der Waals surface area contributed by atoms with E-state index in [1.54, 1.807) is 12.1 Å². The monoisotopic (exact) mass is 434 g/mol. The number of hydrogen-bond donors (Lipinski definition) is 2. The third kappa shape index (κ3) is 3.47. The molecule has 0 spiro atoms. The number of fused-ring (bicyclic) bond motifs is 3. The van der Waals surface area contributed by atoms with Crippen molar-refractivity contribution < 1.29 is 13.9 Å². The lowest BCUT2D eigenvalue weighted by Crippen LogP contribution is -2.52. The van der Waals surface area contributed by atoms with Crippen LogP contribution >= 0.6 is 0 Å². The van der Waals surface area contributed by atoms with Crippen LogP contribution in [0.3, 0.4) is 0 Å². The van der Waals surface area contributed by atoms with Gasteiger partial charge in [0.15, 0.2) is 11.6 Å². The number of carbonyl (C=O) groups excluding carboxylic acids is 1. The summed E-state index contributed by atoms with van der Waals surface area (Å²) in [6.45, 7) is 1.58. The number of aromatic amines is 1. The molecule has 3 N–H and O–H groups in total. The lowest BCUT2D eigenvalue weighted by molar-refractivity contribution is -0.134. The number of piperazine rings is 1. The van der Waals surface area contributed by atoms with Crippen LogP contribution < -0.4 is 10.5 Å². The van der Waals surface area contributed by atoms with Crippen molar-refractivity contribution in [1.29, 1.82) is 5.26 Å². The van der Waals surface area contributed by atoms with E-state index in [0.29, 0.717) is 40.5 Å². The summed E-state index contributed by atoms with van der Waals surface area (Å²) in [7, 11) is 2.08. The zero-order valence-corrected chi connectivity index (χ0v) is 17.6. The summed E-state index contributed by atoms with van der Waals surface area (Å²) in [6, 6.07) is 8.12. The Bertz CT molecular complexity index is 1230. The van der Waals surface area contributed by atoms with E-state index >= 15 is 0 Å². The maximum atomic E-state index is 14.8. The molecule has 0 saturated carbocycles. The molecule has 32 heavy (non-hydrogen) atoms. The largest absolute Gasteiger partial charge is 0.453 e. The first-order chi connectivity index (χ1) is 15.4. The van der Waals surface area contributed by atoms with Crippen LogP contribution in [0.5, 0.6) is 11.5 Å². The number of hydrogen-bond acceptors (Lipinski definition) is 6. The fourth-order valence-electron chi connectivity index (χ4n) is 4.76. The second kappa shape index (κ2) is 7.89. The standard InChI is InChI=1S/C23H23FN6O2/c1-29-11-16-8-15(29)12-30(16)23(31)18(26)7-13-2-3-19(17(24)6-13)32-20-4-5-27-22-21(20)14(9-25)10-28-22/h2-6,10,15-16,18H,7-8,11-12,26H2,1H3,(H,27,28)/t15-,16-,18-/m0/s1. The first-order valence-corrected chi connectivity index (χ1v) is 10.5. The summed E-state index contributed by atoms with van der Waals surface area (Å²) in [5.74, 6) is -0.295. The van der Waals surface area contributed by atoms with Gasteiger partial charge < -0.3 is 20.4 Å². The molecule has 5 rings (SSSR count). The molecule has 0 aliphatic carbocycles. The fraction of sp³-hybridized carbons (Fsp3) is 0.348. The Morgan fingerprint density at radius 1 is 1.38 bits per heavy atom. The summed E-state index contributed by atoms with van der Waals surface area (Å²) in [6.07, 6.45) is 4.30. The smallest absolute Gasteiger partial charge is 0.240 e. The third-order valence-corrected chi connectivity index (χ3v) is 6.44. The Morgan fingerprint density at radius 3 is 2.91 bits per heavy atom. The van der Waals surface area contributed by atoms with Crippen molar-refractivity contribution >= 4 is 16.9 Å². The van der Waals surface area contributed by atoms with Crippen LogP contribution in [-0.4, -0.2) is 63.9 Å². The second-order valence-corrected chi connectivity index (χ2v) is 8.50. The number of pyridine rings is 1. The molecule has 2 aromatic heterocycles. The van der Waals surface area contributed by atoms with Gasteiger partial charge in [0.05, 0.1) is 17.0 Å². The van der Waals surface area contributed by atoms with Gasteiger partial charge in [-0.25, -0.2) is 9.37 Å². The topological polar surface area (TPSA) is 111 Å². The number of nitrogens with two attached hydrogens (primary N) is 1. The number of likely N-dealkylation sites (tertiary alicyclic amines) is 2. The second-order valence-electron chi connectivity index (χ2n) is 8.50. The van der Waals surface area contributed by atoms with Crippen molar-refractivity contribution in [3.8, 4) is 17.6 Å². The minimum absolute atomic E-state index is 0.0196. The quantitative estimate of drug-likeness (QED) is 0.637. The highest BCUT2D eigenvalue weighted by molar-refractivity contribution is 5.88. The van der Waals surface area contributed by atoms with Crippen LogP contribution in [0.25, 0.3) is 11.0 Å². The number of ether oxygens (including phenoxy) is 1. The molecule has 8 nitrogen and oxygen atoms in total. The number of rotatable bonds is 5. The molecule has 2 aliphatic rings. The molecule has 2 saturated heterocycles. The van der Waals surface area contributed by atoms with Gasteiger partial charge in [0.25, 0.3) is 0 Å². The van der Waals surface area contributed by atoms with Gasteiger partial charge in [-0.2, -0.15) is 5.26 Å². The number of nitrogens with one attached hydrogen (secondary N) is 1. The van der Waals surface area contributed by atoms with Crippen molar-refractivity contribution in [3.63, 3.8) is 0 Å². The number of amides is 1. The van der Waals surface area contributed by atoms with Crippen molar-refractivity contribution in [1.82, 2.24) is 19.8 Å². The minimum Gasteiger partial charge on any atom is -0.453 e. The van der Waals surface area contributed by atoms with Crippen LogP contribution in [-0.2, 0) is 11.2 Å². The van der Waals surface area contributed by atoms with E-state index in [0.717, 1.165) is 13.0 Å². The molecule has 2 aliphatic heterocycles. The number of benzene rings is 1. The molecule has 0 unspecified atom stereocenters. The first-order valence-electron chi connectivity index (χ1n) is 10.5. The average Bonchev–Trinajstić information content (AvgIpc) is 3.48. The van der Waals surface area contributed by atoms with E-state index in [-0.39, 0.29) is 24.1 Å². The van der Waals surface area contributed by atoms with Gasteiger partial charge in [-0.05, 0) is 43.7 Å². The normalized spacial score (nSPS) is 21.1. The highest BCUT2D eigenvalue weighted by Gasteiger charge is 2.44. The number of halogens is 1. The molecule has 4 heterocycles. The maximum Gasteiger partial charge on any atom is 0.240 e. The zero-order valence-electron chi connectivity index (χ0n) is 17.6. The van der Waals surface area contributed by atoms with Crippen LogP contribution in [0.4, 0.5) is 4.39 Å². The Kier molecular flexibility index (Phi) is 5.04. The number of carbonyl (C=O) groups is 1. The van der Waals surface area contributed by atoms with Crippen molar-refractivity contribution in [2.45, 2.75) is 31.0 Å². The molecule has 1 aromatic carbocycles. The summed E-state index contributed by atoms with van der Waals surface area (Å²) in [5.41, 5.74) is 7.67. The molecule has 2 bridgehead atoms. The van der Waals surface area contributed by atoms with Crippen LogP contribution in [0.1, 0.15) is 17.5 Å². The predicted octanol–water partition coefficient (Wildman–Crippen LogP) is 2.15. The van der Waals surface area contributed by atoms with Crippen LogP contribution in [0, 0.1) is 17.1 Å². The number of nitriles is 1. The summed E-state index contributed by atoms with van der Waals surface area (Å²) in [5, 5.41) is 9.79. The highest BCUT2D eigenvalue weighted by Crippen LogP contribution is 2.33. The SMILES string of the molecule is CN1C[C@@H]2C[C@H]1CN2C(=O)[C@@H](N)Cc1ccc(Oc2ccnc3[nH]cc(C#N)c23)c(F)c1. The number of aromatic nitrogens is 2. The van der Waals surface area contributed by atoms with Gasteiger partial charge in [0.1, 0.15) is 17.5 Å². The van der Waals surface area contributed by atoms with Gasteiger partial charge in [-0.3, -0.25) is 9.69 Å². The first kappa shape index (κ1) is 20.4. The Morgan fingerprint density at radius 2 is 2.22 bits per heavy atom. The van der Waals surface area contributed by atoms with Gasteiger partial charge >= 0.3 is 0 Å². The van der Waals surface area contributed by atoms with E-state index in [1.165, 1.54) is 24.5 Å². The van der Waals surface area contributed by atoms with Gasteiger partial charge in [-0.1, -0.05) is 6.07 Å². The van der Waals surface area contributed by atoms with Crippen molar-refractivity contribution in [2.75, 3.05) is 20.1 Å². The summed E-state index contributed by atoms with van der Waals surface area (Å²) in [4.78, 5) is 24.0. The van der Waals surface area contributed by atoms with E-state index in [2.05, 4.69) is 28.0 Å². The lowest BCUT2D eigenvalue weighted by atomic mass is 10.0. The van der Waals surface area contributed by atoms with E-state index in [9.17, 15) is 14.4 Å². The molecule has 2 fully saturated rings. The number of nitrogens with zero attached hydrogens (tertiary/aromatic N) is 4. The summed E-state index contributed by atoms with van der Waals surface area (Å²) >= 11 is 0. The van der Waals surface area contributed by atoms with Crippen LogP contribution in [0.15, 0.2) is 36.7 Å². The Balaban J connectivity index is 1.29. The molecule has 3 aromatic rings. The van der Waals surface area contributed by atoms with Gasteiger partial charge in [-0.15, -0.1) is 0 Å². The van der Waals surface area contributed by atoms with Crippen LogP contribution in [0.2, 0.25) is 0 Å². The fourth-order valence-corrected chi connectivity index (χ4v) is 4.76. The molecular weight excluding hydrogens is 411 g/mol. The molecular formula is C23H23FN6O2. The van der Waals surface area contributed by atoms with Crippen molar-refractivity contribution in [3.05, 3.63) is 53.6 Å². The molecule has 1 amide bonds.